The van der Waals surface area contributed by atoms with E-state index in [0.717, 1.165) is 5.56 Å². The minimum atomic E-state index is -0.331. The van der Waals surface area contributed by atoms with Crippen LogP contribution in [0.5, 0.6) is 0 Å². The summed E-state index contributed by atoms with van der Waals surface area (Å²) in [5, 5.41) is 0. The number of hydrogen-bond acceptors (Lipinski definition) is 3. The van der Waals surface area contributed by atoms with Gasteiger partial charge >= 0.3 is 5.97 Å². The van der Waals surface area contributed by atoms with Crippen LogP contribution in [-0.2, 0) is 4.74 Å². The van der Waals surface area contributed by atoms with Gasteiger partial charge < -0.3 is 10.5 Å². The molecule has 1 rings (SSSR count). The molecule has 1 aromatic rings. The van der Waals surface area contributed by atoms with E-state index < -0.39 is 0 Å². The Morgan fingerprint density at radius 3 is 2.64 bits per heavy atom. The molecule has 0 amide bonds. The third kappa shape index (κ3) is 3.01. The van der Waals surface area contributed by atoms with Gasteiger partial charge in [-0.1, -0.05) is 12.1 Å². The molecule has 0 bridgehead atoms. The Hall–Kier alpha value is -1.06. The lowest BCUT2D eigenvalue weighted by Gasteiger charge is -2.06. The van der Waals surface area contributed by atoms with Gasteiger partial charge in [0.2, 0.25) is 0 Å². The molecule has 0 aromatic heterocycles. The summed E-state index contributed by atoms with van der Waals surface area (Å²) in [6.07, 6.45) is 0. The van der Waals surface area contributed by atoms with Gasteiger partial charge in [-0.2, -0.15) is 0 Å². The van der Waals surface area contributed by atoms with Crippen molar-refractivity contribution in [1.82, 2.24) is 0 Å². The molecule has 0 unspecified atom stereocenters. The van der Waals surface area contributed by atoms with E-state index in [9.17, 15) is 4.79 Å². The molecule has 78 valence electrons. The molecule has 0 aliphatic rings. The summed E-state index contributed by atoms with van der Waals surface area (Å²) >= 11 is 0. The second-order valence-electron chi connectivity index (χ2n) is 2.91. The van der Waals surface area contributed by atoms with Crippen LogP contribution >= 0.6 is 12.4 Å². The third-order valence-corrected chi connectivity index (χ3v) is 1.83. The number of benzene rings is 1. The molecule has 4 heteroatoms. The molecule has 0 spiro atoms. The number of halogens is 1. The van der Waals surface area contributed by atoms with Gasteiger partial charge in [-0.15, -0.1) is 12.4 Å². The Bertz CT molecular complexity index is 313. The van der Waals surface area contributed by atoms with Crippen LogP contribution in [0.4, 0.5) is 0 Å². The molecule has 0 aliphatic carbocycles. The number of rotatable bonds is 2. The van der Waals surface area contributed by atoms with Crippen molar-refractivity contribution in [3.05, 3.63) is 35.4 Å². The number of ether oxygens (including phenoxy) is 1. The number of carbonyl (C=O) groups is 1. The van der Waals surface area contributed by atoms with Crippen molar-refractivity contribution in [1.29, 1.82) is 0 Å². The van der Waals surface area contributed by atoms with Crippen LogP contribution in [0.15, 0.2) is 24.3 Å². The quantitative estimate of drug-likeness (QED) is 0.767. The fourth-order valence-electron chi connectivity index (χ4n) is 1.07. The van der Waals surface area contributed by atoms with Gasteiger partial charge in [0.15, 0.2) is 0 Å². The minimum absolute atomic E-state index is 0. The van der Waals surface area contributed by atoms with Crippen molar-refractivity contribution >= 4 is 18.4 Å². The molecule has 0 heterocycles. The fraction of sp³-hybridized carbons (Fsp3) is 0.300. The zero-order valence-electron chi connectivity index (χ0n) is 8.19. The maximum atomic E-state index is 11.1. The maximum Gasteiger partial charge on any atom is 0.337 e. The van der Waals surface area contributed by atoms with Gasteiger partial charge in [-0.05, 0) is 24.6 Å². The van der Waals surface area contributed by atoms with Crippen molar-refractivity contribution in [2.24, 2.45) is 5.73 Å². The minimum Gasteiger partial charge on any atom is -0.465 e. The molecular weight excluding hydrogens is 202 g/mol. The van der Waals surface area contributed by atoms with E-state index >= 15 is 0 Å². The zero-order chi connectivity index (χ0) is 9.84. The highest BCUT2D eigenvalue weighted by Crippen LogP contribution is 2.12. The van der Waals surface area contributed by atoms with Crippen molar-refractivity contribution in [3.8, 4) is 0 Å². The van der Waals surface area contributed by atoms with Crippen molar-refractivity contribution in [2.45, 2.75) is 13.0 Å². The lowest BCUT2D eigenvalue weighted by molar-refractivity contribution is 0.0600. The Balaban J connectivity index is 0.00000169. The van der Waals surface area contributed by atoms with Crippen LogP contribution in [0, 0.1) is 0 Å². The Labute approximate surface area is 89.7 Å². The largest absolute Gasteiger partial charge is 0.465 e. The predicted molar refractivity (Wildman–Crippen MR) is 57.6 cm³/mol. The first-order valence-corrected chi connectivity index (χ1v) is 4.09. The van der Waals surface area contributed by atoms with E-state index in [1.165, 1.54) is 7.11 Å². The van der Waals surface area contributed by atoms with Crippen molar-refractivity contribution in [3.63, 3.8) is 0 Å². The van der Waals surface area contributed by atoms with Gasteiger partial charge in [0.25, 0.3) is 0 Å². The van der Waals surface area contributed by atoms with E-state index in [1.807, 2.05) is 13.0 Å². The van der Waals surface area contributed by atoms with Gasteiger partial charge in [0, 0.05) is 6.04 Å². The van der Waals surface area contributed by atoms with E-state index in [1.54, 1.807) is 18.2 Å². The molecular formula is C10H14ClNO2. The van der Waals surface area contributed by atoms with Crippen LogP contribution in [0.1, 0.15) is 28.9 Å². The van der Waals surface area contributed by atoms with Crippen molar-refractivity contribution in [2.75, 3.05) is 7.11 Å². The van der Waals surface area contributed by atoms with E-state index in [-0.39, 0.29) is 24.4 Å². The monoisotopic (exact) mass is 215 g/mol. The molecule has 0 fully saturated rings. The molecule has 0 radical (unpaired) electrons. The summed E-state index contributed by atoms with van der Waals surface area (Å²) in [6, 6.07) is 7.07. The normalized spacial score (nSPS) is 11.4. The van der Waals surface area contributed by atoms with E-state index in [4.69, 9.17) is 5.73 Å². The van der Waals surface area contributed by atoms with Crippen LogP contribution in [-0.4, -0.2) is 13.1 Å². The molecule has 1 atom stereocenters. The number of esters is 1. The van der Waals surface area contributed by atoms with E-state index in [2.05, 4.69) is 4.74 Å². The summed E-state index contributed by atoms with van der Waals surface area (Å²) in [5.74, 6) is -0.331. The van der Waals surface area contributed by atoms with E-state index in [0.29, 0.717) is 5.56 Å². The second-order valence-corrected chi connectivity index (χ2v) is 2.91. The summed E-state index contributed by atoms with van der Waals surface area (Å²) in [4.78, 5) is 11.1. The highest BCUT2D eigenvalue weighted by Gasteiger charge is 2.06. The average molecular weight is 216 g/mol. The molecule has 3 nitrogen and oxygen atoms in total. The summed E-state index contributed by atoms with van der Waals surface area (Å²) < 4.78 is 4.59. The molecule has 1 aromatic carbocycles. The first-order chi connectivity index (χ1) is 6.15. The number of hydrogen-bond donors (Lipinski definition) is 1. The average Bonchev–Trinajstić information content (AvgIpc) is 2.17. The smallest absolute Gasteiger partial charge is 0.337 e. The SMILES string of the molecule is COC(=O)c1cccc([C@@H](C)N)c1.Cl. The van der Waals surface area contributed by atoms with Crippen LogP contribution < -0.4 is 5.73 Å². The first kappa shape index (κ1) is 12.9. The first-order valence-electron chi connectivity index (χ1n) is 4.09. The highest BCUT2D eigenvalue weighted by molar-refractivity contribution is 5.89. The number of carbonyl (C=O) groups excluding carboxylic acids is 1. The molecule has 0 aliphatic heterocycles. The van der Waals surface area contributed by atoms with Gasteiger partial charge in [-0.25, -0.2) is 4.79 Å². The second kappa shape index (κ2) is 5.62. The lowest BCUT2D eigenvalue weighted by atomic mass is 10.1. The predicted octanol–water partition coefficient (Wildman–Crippen LogP) is 1.91. The molecule has 14 heavy (non-hydrogen) atoms. The summed E-state index contributed by atoms with van der Waals surface area (Å²) in [7, 11) is 1.36. The van der Waals surface area contributed by atoms with Crippen LogP contribution in [0.25, 0.3) is 0 Å². The van der Waals surface area contributed by atoms with Gasteiger partial charge in [-0.3, -0.25) is 0 Å². The van der Waals surface area contributed by atoms with Crippen LogP contribution in [0.3, 0.4) is 0 Å². The van der Waals surface area contributed by atoms with Gasteiger partial charge in [0.1, 0.15) is 0 Å². The molecule has 0 saturated carbocycles. The summed E-state index contributed by atoms with van der Waals surface area (Å²) in [6.45, 7) is 1.87. The highest BCUT2D eigenvalue weighted by atomic mass is 35.5. The maximum absolute atomic E-state index is 11.1. The van der Waals surface area contributed by atoms with Gasteiger partial charge in [0.05, 0.1) is 12.7 Å². The fourth-order valence-corrected chi connectivity index (χ4v) is 1.07. The zero-order valence-corrected chi connectivity index (χ0v) is 9.01. The Kier molecular flexibility index (Phi) is 5.20. The van der Waals surface area contributed by atoms with Crippen LogP contribution in [0.2, 0.25) is 0 Å². The Morgan fingerprint density at radius 1 is 1.50 bits per heavy atom. The Morgan fingerprint density at radius 2 is 2.14 bits per heavy atom. The molecule has 2 N–H and O–H groups in total. The standard InChI is InChI=1S/C10H13NO2.ClH/c1-7(11)8-4-3-5-9(6-8)10(12)13-2;/h3-7H,11H2,1-2H3;1H/t7-;/m1./s1. The number of methoxy groups -OCH3 is 1. The topological polar surface area (TPSA) is 52.3 Å². The summed E-state index contributed by atoms with van der Waals surface area (Å²) in [5.41, 5.74) is 7.14. The number of nitrogens with two attached hydrogens (primary N) is 1. The molecule has 0 saturated heterocycles. The lowest BCUT2D eigenvalue weighted by Crippen LogP contribution is -2.07. The van der Waals surface area contributed by atoms with Crippen molar-refractivity contribution < 1.29 is 9.53 Å². The third-order valence-electron chi connectivity index (χ3n) is 1.83.